The SMILES string of the molecule is CCCCCCC/C=C/CC/C=C/CC/C=C/CCCC(O)C(O)C(COC1OC(CO)C(O)C(O)C1O)NC(=O)C(O)CCCCCCCCC/C=C\CCCCCCCCCCCCCC. The largest absolute Gasteiger partial charge is 0.394 e. The van der Waals surface area contributed by atoms with E-state index in [1.165, 1.54) is 135 Å². The molecular weight excluding hydrogens is 859 g/mol. The minimum atomic E-state index is -1.67. The van der Waals surface area contributed by atoms with E-state index in [0.717, 1.165) is 57.8 Å². The van der Waals surface area contributed by atoms with Gasteiger partial charge >= 0.3 is 0 Å². The predicted molar refractivity (Wildman–Crippen MR) is 279 cm³/mol. The third-order valence-corrected chi connectivity index (χ3v) is 13.3. The third kappa shape index (κ3) is 34.4. The van der Waals surface area contributed by atoms with Crippen molar-refractivity contribution in [2.45, 2.75) is 294 Å². The van der Waals surface area contributed by atoms with E-state index >= 15 is 0 Å². The van der Waals surface area contributed by atoms with E-state index in [9.17, 15) is 40.5 Å². The Kier molecular flexibility index (Phi) is 43.5. The summed E-state index contributed by atoms with van der Waals surface area (Å²) in [5, 5.41) is 76.0. The summed E-state index contributed by atoms with van der Waals surface area (Å²) in [4.78, 5) is 13.2. The molecular formula is C57H105NO10. The molecule has 0 aromatic rings. The van der Waals surface area contributed by atoms with E-state index in [1.807, 2.05) is 0 Å². The van der Waals surface area contributed by atoms with Gasteiger partial charge in [-0.15, -0.1) is 0 Å². The minimum Gasteiger partial charge on any atom is -0.394 e. The van der Waals surface area contributed by atoms with E-state index in [4.69, 9.17) is 9.47 Å². The highest BCUT2D eigenvalue weighted by molar-refractivity contribution is 5.80. The lowest BCUT2D eigenvalue weighted by atomic mass is 9.98. The van der Waals surface area contributed by atoms with Crippen LogP contribution in [0.2, 0.25) is 0 Å². The number of aliphatic hydroxyl groups is 7. The molecule has 0 spiro atoms. The number of rotatable bonds is 47. The molecule has 0 saturated carbocycles. The lowest BCUT2D eigenvalue weighted by molar-refractivity contribution is -0.303. The second kappa shape index (κ2) is 46.2. The lowest BCUT2D eigenvalue weighted by Crippen LogP contribution is -2.60. The molecule has 0 aromatic carbocycles. The van der Waals surface area contributed by atoms with Crippen molar-refractivity contribution in [1.29, 1.82) is 0 Å². The van der Waals surface area contributed by atoms with Crippen molar-refractivity contribution < 1.29 is 50.0 Å². The molecule has 398 valence electrons. The van der Waals surface area contributed by atoms with Gasteiger partial charge in [0.15, 0.2) is 6.29 Å². The summed E-state index contributed by atoms with van der Waals surface area (Å²) in [6, 6.07) is -1.20. The van der Waals surface area contributed by atoms with Gasteiger partial charge in [-0.3, -0.25) is 4.79 Å². The zero-order chi connectivity index (χ0) is 49.7. The fourth-order valence-corrected chi connectivity index (χ4v) is 8.70. The summed E-state index contributed by atoms with van der Waals surface area (Å²) in [7, 11) is 0. The zero-order valence-corrected chi connectivity index (χ0v) is 43.3. The Bertz CT molecular complexity index is 1240. The van der Waals surface area contributed by atoms with Gasteiger partial charge in [0, 0.05) is 0 Å². The molecule has 1 heterocycles. The van der Waals surface area contributed by atoms with Gasteiger partial charge in [-0.25, -0.2) is 0 Å². The molecule has 8 N–H and O–H groups in total. The van der Waals surface area contributed by atoms with E-state index in [1.54, 1.807) is 0 Å². The Morgan fingerprint density at radius 2 is 0.882 bits per heavy atom. The van der Waals surface area contributed by atoms with Gasteiger partial charge in [0.25, 0.3) is 0 Å². The highest BCUT2D eigenvalue weighted by Crippen LogP contribution is 2.23. The van der Waals surface area contributed by atoms with E-state index < -0.39 is 74.2 Å². The van der Waals surface area contributed by atoms with E-state index in [-0.39, 0.29) is 12.8 Å². The van der Waals surface area contributed by atoms with Crippen molar-refractivity contribution >= 4 is 5.91 Å². The second-order valence-electron chi connectivity index (χ2n) is 19.6. The van der Waals surface area contributed by atoms with Crippen molar-refractivity contribution in [3.05, 3.63) is 48.6 Å². The number of unbranched alkanes of at least 4 members (excludes halogenated alkanes) is 27. The number of nitrogens with one attached hydrogen (secondary N) is 1. The van der Waals surface area contributed by atoms with Crippen molar-refractivity contribution in [1.82, 2.24) is 5.32 Å². The Morgan fingerprint density at radius 3 is 1.31 bits per heavy atom. The Balaban J connectivity index is 2.37. The van der Waals surface area contributed by atoms with Gasteiger partial charge in [0.1, 0.15) is 36.6 Å². The summed E-state index contributed by atoms with van der Waals surface area (Å²) < 4.78 is 11.1. The van der Waals surface area contributed by atoms with E-state index in [2.05, 4.69) is 67.8 Å². The smallest absolute Gasteiger partial charge is 0.249 e. The highest BCUT2D eigenvalue weighted by Gasteiger charge is 2.44. The van der Waals surface area contributed by atoms with Crippen LogP contribution in [0.15, 0.2) is 48.6 Å². The Hall–Kier alpha value is -1.93. The fraction of sp³-hybridized carbons (Fsp3) is 0.842. The number of allylic oxidation sites excluding steroid dienone is 8. The van der Waals surface area contributed by atoms with Gasteiger partial charge in [-0.1, -0.05) is 197 Å². The first kappa shape index (κ1) is 64.1. The normalized spacial score (nSPS) is 20.9. The topological polar surface area (TPSA) is 189 Å². The number of carbonyl (C=O) groups excluding carboxylic acids is 1. The predicted octanol–water partition coefficient (Wildman–Crippen LogP) is 11.3. The van der Waals surface area contributed by atoms with Crippen molar-refractivity contribution in [2.75, 3.05) is 13.2 Å². The van der Waals surface area contributed by atoms with Crippen LogP contribution in [0.1, 0.15) is 239 Å². The molecule has 1 saturated heterocycles. The number of ether oxygens (including phenoxy) is 2. The summed E-state index contributed by atoms with van der Waals surface area (Å²) in [5.74, 6) is -0.716. The van der Waals surface area contributed by atoms with Crippen LogP contribution < -0.4 is 5.32 Å². The van der Waals surface area contributed by atoms with Crippen molar-refractivity contribution in [3.8, 4) is 0 Å². The zero-order valence-electron chi connectivity index (χ0n) is 43.3. The fourth-order valence-electron chi connectivity index (χ4n) is 8.70. The Labute approximate surface area is 415 Å². The maximum absolute atomic E-state index is 13.2. The van der Waals surface area contributed by atoms with E-state index in [0.29, 0.717) is 19.3 Å². The molecule has 68 heavy (non-hydrogen) atoms. The number of hydrogen-bond acceptors (Lipinski definition) is 10. The minimum absolute atomic E-state index is 0.239. The molecule has 9 unspecified atom stereocenters. The van der Waals surface area contributed by atoms with Crippen LogP contribution in [0, 0.1) is 0 Å². The first-order valence-electron chi connectivity index (χ1n) is 28.0. The average Bonchev–Trinajstić information content (AvgIpc) is 3.34. The summed E-state index contributed by atoms with van der Waals surface area (Å²) >= 11 is 0. The standard InChI is InChI=1S/C57H105NO10/c1-3-5-7-9-11-13-15-17-19-21-23-24-25-26-27-29-31-33-35-37-39-41-43-45-50(61)56(66)58-48(47-67-57-55(65)54(64)53(63)51(46-59)68-57)52(62)49(60)44-42-40-38-36-34-32-30-28-22-20-18-16-14-12-10-8-6-4-2/h16,18,26-28,30,36,38,48-55,57,59-65H,3-15,17,19-25,29,31-35,37,39-47H2,1-2H3,(H,58,66)/b18-16+,27-26-,30-28+,38-36+. The number of hydrogen-bond donors (Lipinski definition) is 8. The molecule has 0 aromatic heterocycles. The molecule has 0 radical (unpaired) electrons. The first-order chi connectivity index (χ1) is 33.2. The van der Waals surface area contributed by atoms with Gasteiger partial charge in [0.05, 0.1) is 25.4 Å². The van der Waals surface area contributed by atoms with Crippen LogP contribution in [-0.4, -0.2) is 110 Å². The number of amides is 1. The molecule has 9 atom stereocenters. The highest BCUT2D eigenvalue weighted by atomic mass is 16.7. The van der Waals surface area contributed by atoms with Gasteiger partial charge in [-0.05, 0) is 89.9 Å². The number of carbonyl (C=O) groups is 1. The van der Waals surface area contributed by atoms with Crippen LogP contribution >= 0.6 is 0 Å². The van der Waals surface area contributed by atoms with Gasteiger partial charge in [0.2, 0.25) is 5.91 Å². The van der Waals surface area contributed by atoms with Crippen LogP contribution in [0.25, 0.3) is 0 Å². The monoisotopic (exact) mass is 964 g/mol. The van der Waals surface area contributed by atoms with Crippen LogP contribution in [0.5, 0.6) is 0 Å². The summed E-state index contributed by atoms with van der Waals surface area (Å²) in [6.07, 6.45) is 45.9. The molecule has 11 nitrogen and oxygen atoms in total. The van der Waals surface area contributed by atoms with Gasteiger partial charge in [-0.2, -0.15) is 0 Å². The first-order valence-corrected chi connectivity index (χ1v) is 28.0. The molecule has 0 aliphatic carbocycles. The molecule has 1 aliphatic heterocycles. The maximum Gasteiger partial charge on any atom is 0.249 e. The average molecular weight is 964 g/mol. The Morgan fingerprint density at radius 1 is 0.500 bits per heavy atom. The van der Waals surface area contributed by atoms with Crippen molar-refractivity contribution in [3.63, 3.8) is 0 Å². The second-order valence-corrected chi connectivity index (χ2v) is 19.6. The quantitative estimate of drug-likeness (QED) is 0.0215. The summed E-state index contributed by atoms with van der Waals surface area (Å²) in [5.41, 5.74) is 0. The molecule has 11 heteroatoms. The molecule has 1 fully saturated rings. The third-order valence-electron chi connectivity index (χ3n) is 13.3. The molecule has 1 aliphatic rings. The van der Waals surface area contributed by atoms with Crippen LogP contribution in [-0.2, 0) is 14.3 Å². The number of aliphatic hydroxyl groups excluding tert-OH is 7. The molecule has 0 bridgehead atoms. The lowest BCUT2D eigenvalue weighted by Gasteiger charge is -2.40. The molecule has 1 amide bonds. The summed E-state index contributed by atoms with van der Waals surface area (Å²) in [6.45, 7) is 3.43. The molecule has 1 rings (SSSR count). The van der Waals surface area contributed by atoms with Gasteiger partial charge < -0.3 is 50.5 Å². The van der Waals surface area contributed by atoms with Crippen LogP contribution in [0.3, 0.4) is 0 Å². The maximum atomic E-state index is 13.2. The van der Waals surface area contributed by atoms with Crippen LogP contribution in [0.4, 0.5) is 0 Å². The van der Waals surface area contributed by atoms with Crippen molar-refractivity contribution in [2.24, 2.45) is 0 Å².